The number of likely N-dealkylation sites (tertiary alicyclic amines) is 1. The summed E-state index contributed by atoms with van der Waals surface area (Å²) in [6.07, 6.45) is 2.37. The number of carbonyl (C=O) groups excluding carboxylic acids is 1. The second-order valence-corrected chi connectivity index (χ2v) is 8.71. The second-order valence-electron chi connectivity index (χ2n) is 7.73. The van der Waals surface area contributed by atoms with Crippen LogP contribution < -0.4 is 4.90 Å². The molecule has 0 spiro atoms. The van der Waals surface area contributed by atoms with Crippen LogP contribution in [0, 0.1) is 13.8 Å². The first-order valence-corrected chi connectivity index (χ1v) is 10.9. The first-order chi connectivity index (χ1) is 13.1. The normalized spacial score (nSPS) is 21.0. The number of nitrogens with zero attached hydrogens (tertiary/aromatic N) is 3. The standard InChI is InChI=1S/C22H29N3OS/c1-17-6-3-7-19(18(17)2)23-11-13-24(14-12-23)22(26)16-25-10-4-8-20(25)21-9-5-15-27-21/h3,5-7,9,15,20H,4,8,10-14,16H2,1-2H3/t20-/m0/s1. The molecule has 3 heterocycles. The van der Waals surface area contributed by atoms with Gasteiger partial charge in [-0.2, -0.15) is 0 Å². The van der Waals surface area contributed by atoms with Gasteiger partial charge in [-0.05, 0) is 61.9 Å². The van der Waals surface area contributed by atoms with E-state index in [1.165, 1.54) is 34.5 Å². The highest BCUT2D eigenvalue weighted by Gasteiger charge is 2.30. The molecule has 0 unspecified atom stereocenters. The summed E-state index contributed by atoms with van der Waals surface area (Å²) in [6.45, 7) is 9.45. The fourth-order valence-corrected chi connectivity index (χ4v) is 5.26. The molecule has 1 aromatic heterocycles. The molecule has 1 atom stereocenters. The highest BCUT2D eigenvalue weighted by Crippen LogP contribution is 2.34. The Labute approximate surface area is 166 Å². The third kappa shape index (κ3) is 3.90. The van der Waals surface area contributed by atoms with Crippen molar-refractivity contribution in [3.63, 3.8) is 0 Å². The van der Waals surface area contributed by atoms with E-state index in [0.29, 0.717) is 18.5 Å². The van der Waals surface area contributed by atoms with Crippen molar-refractivity contribution in [2.75, 3.05) is 44.2 Å². The SMILES string of the molecule is Cc1cccc(N2CCN(C(=O)CN3CCC[C@H]3c3cccs3)CC2)c1C. The summed E-state index contributed by atoms with van der Waals surface area (Å²) >= 11 is 1.81. The average Bonchev–Trinajstić information content (AvgIpc) is 3.35. The number of thiophene rings is 1. The van der Waals surface area contributed by atoms with Crippen molar-refractivity contribution in [2.24, 2.45) is 0 Å². The molecule has 4 rings (SSSR count). The Morgan fingerprint density at radius 3 is 2.63 bits per heavy atom. The van der Waals surface area contributed by atoms with Gasteiger partial charge in [0.1, 0.15) is 0 Å². The molecule has 0 saturated carbocycles. The third-order valence-electron chi connectivity index (χ3n) is 6.12. The number of amides is 1. The van der Waals surface area contributed by atoms with Crippen LogP contribution in [-0.4, -0.2) is 55.0 Å². The van der Waals surface area contributed by atoms with Gasteiger partial charge in [-0.15, -0.1) is 11.3 Å². The number of rotatable bonds is 4. The van der Waals surface area contributed by atoms with Gasteiger partial charge >= 0.3 is 0 Å². The monoisotopic (exact) mass is 383 g/mol. The summed E-state index contributed by atoms with van der Waals surface area (Å²) in [6, 6.07) is 11.3. The van der Waals surface area contributed by atoms with Crippen LogP contribution in [0.2, 0.25) is 0 Å². The molecule has 0 N–H and O–H groups in total. The second kappa shape index (κ2) is 8.03. The lowest BCUT2D eigenvalue weighted by atomic mass is 10.1. The largest absolute Gasteiger partial charge is 0.368 e. The van der Waals surface area contributed by atoms with E-state index >= 15 is 0 Å². The van der Waals surface area contributed by atoms with Crippen LogP contribution in [0.4, 0.5) is 5.69 Å². The molecule has 0 aliphatic carbocycles. The van der Waals surface area contributed by atoms with Crippen molar-refractivity contribution in [3.8, 4) is 0 Å². The van der Waals surface area contributed by atoms with Crippen molar-refractivity contribution in [3.05, 3.63) is 51.7 Å². The molecule has 1 amide bonds. The Kier molecular flexibility index (Phi) is 5.50. The van der Waals surface area contributed by atoms with Crippen LogP contribution in [0.3, 0.4) is 0 Å². The first kappa shape index (κ1) is 18.5. The summed E-state index contributed by atoms with van der Waals surface area (Å²) in [7, 11) is 0. The molecular weight excluding hydrogens is 354 g/mol. The third-order valence-corrected chi connectivity index (χ3v) is 7.10. The maximum atomic E-state index is 12.9. The van der Waals surface area contributed by atoms with Gasteiger partial charge in [-0.1, -0.05) is 18.2 Å². The summed E-state index contributed by atoms with van der Waals surface area (Å²) < 4.78 is 0. The van der Waals surface area contributed by atoms with Crippen LogP contribution in [-0.2, 0) is 4.79 Å². The van der Waals surface area contributed by atoms with Gasteiger partial charge in [0.25, 0.3) is 0 Å². The first-order valence-electron chi connectivity index (χ1n) is 10.00. The number of carbonyl (C=O) groups is 1. The smallest absolute Gasteiger partial charge is 0.236 e. The summed E-state index contributed by atoms with van der Waals surface area (Å²) in [5.41, 5.74) is 4.01. The van der Waals surface area contributed by atoms with Crippen molar-refractivity contribution in [1.82, 2.24) is 9.80 Å². The summed E-state index contributed by atoms with van der Waals surface area (Å²) in [5, 5.41) is 2.14. The number of anilines is 1. The fourth-order valence-electron chi connectivity index (χ4n) is 4.37. The molecule has 2 fully saturated rings. The van der Waals surface area contributed by atoms with Crippen molar-refractivity contribution in [1.29, 1.82) is 0 Å². The van der Waals surface area contributed by atoms with Crippen molar-refractivity contribution >= 4 is 22.9 Å². The quantitative estimate of drug-likeness (QED) is 0.802. The number of piperazine rings is 1. The Bertz CT molecular complexity index is 781. The molecule has 2 saturated heterocycles. The van der Waals surface area contributed by atoms with E-state index in [-0.39, 0.29) is 0 Å². The molecule has 2 aliphatic heterocycles. The number of aryl methyl sites for hydroxylation is 1. The molecule has 27 heavy (non-hydrogen) atoms. The number of hydrogen-bond donors (Lipinski definition) is 0. The van der Waals surface area contributed by atoms with E-state index in [9.17, 15) is 4.79 Å². The Morgan fingerprint density at radius 1 is 1.07 bits per heavy atom. The van der Waals surface area contributed by atoms with E-state index in [1.54, 1.807) is 0 Å². The van der Waals surface area contributed by atoms with Gasteiger partial charge in [0.15, 0.2) is 0 Å². The van der Waals surface area contributed by atoms with Gasteiger partial charge in [0.2, 0.25) is 5.91 Å². The highest BCUT2D eigenvalue weighted by atomic mass is 32.1. The average molecular weight is 384 g/mol. The van der Waals surface area contributed by atoms with Crippen LogP contribution >= 0.6 is 11.3 Å². The van der Waals surface area contributed by atoms with Crippen molar-refractivity contribution in [2.45, 2.75) is 32.7 Å². The van der Waals surface area contributed by atoms with Crippen LogP contribution in [0.1, 0.15) is 34.9 Å². The van der Waals surface area contributed by atoms with Gasteiger partial charge in [-0.25, -0.2) is 0 Å². The van der Waals surface area contributed by atoms with Gasteiger partial charge in [-0.3, -0.25) is 9.69 Å². The zero-order valence-corrected chi connectivity index (χ0v) is 17.2. The lowest BCUT2D eigenvalue weighted by molar-refractivity contribution is -0.133. The van der Waals surface area contributed by atoms with E-state index in [2.05, 4.69) is 64.3 Å². The van der Waals surface area contributed by atoms with Crippen LogP contribution in [0.15, 0.2) is 35.7 Å². The highest BCUT2D eigenvalue weighted by molar-refractivity contribution is 7.10. The molecule has 2 aliphatic rings. The van der Waals surface area contributed by atoms with Gasteiger partial charge in [0.05, 0.1) is 6.54 Å². The predicted octanol–water partition coefficient (Wildman–Crippen LogP) is 3.85. The molecular formula is C22H29N3OS. The minimum absolute atomic E-state index is 0.291. The lowest BCUT2D eigenvalue weighted by Gasteiger charge is -2.38. The van der Waals surface area contributed by atoms with E-state index in [4.69, 9.17) is 0 Å². The number of benzene rings is 1. The lowest BCUT2D eigenvalue weighted by Crippen LogP contribution is -2.51. The minimum Gasteiger partial charge on any atom is -0.368 e. The van der Waals surface area contributed by atoms with Crippen molar-refractivity contribution < 1.29 is 4.79 Å². The number of hydrogen-bond acceptors (Lipinski definition) is 4. The Balaban J connectivity index is 1.34. The van der Waals surface area contributed by atoms with Gasteiger partial charge < -0.3 is 9.80 Å². The summed E-state index contributed by atoms with van der Waals surface area (Å²) in [5.74, 6) is 0.291. The van der Waals surface area contributed by atoms with E-state index in [0.717, 1.165) is 32.7 Å². The Hall–Kier alpha value is -1.85. The maximum Gasteiger partial charge on any atom is 0.236 e. The fraction of sp³-hybridized carbons (Fsp3) is 0.500. The molecule has 4 nitrogen and oxygen atoms in total. The van der Waals surface area contributed by atoms with Crippen LogP contribution in [0.5, 0.6) is 0 Å². The molecule has 144 valence electrons. The summed E-state index contributed by atoms with van der Waals surface area (Å²) in [4.78, 5) is 21.2. The van der Waals surface area contributed by atoms with E-state index < -0.39 is 0 Å². The topological polar surface area (TPSA) is 26.8 Å². The zero-order valence-electron chi connectivity index (χ0n) is 16.4. The maximum absolute atomic E-state index is 12.9. The predicted molar refractivity (Wildman–Crippen MR) is 113 cm³/mol. The van der Waals surface area contributed by atoms with Gasteiger partial charge in [0, 0.05) is 42.8 Å². The van der Waals surface area contributed by atoms with E-state index in [1.807, 2.05) is 11.3 Å². The molecule has 0 radical (unpaired) electrons. The zero-order chi connectivity index (χ0) is 18.8. The molecule has 2 aromatic rings. The molecule has 0 bridgehead atoms. The Morgan fingerprint density at radius 2 is 1.89 bits per heavy atom. The molecule has 5 heteroatoms. The molecule has 1 aromatic carbocycles. The minimum atomic E-state index is 0.291. The van der Waals surface area contributed by atoms with Crippen LogP contribution in [0.25, 0.3) is 0 Å².